The lowest BCUT2D eigenvalue weighted by Crippen LogP contribution is -2.32. The number of thioether (sulfide) groups is 1. The Morgan fingerprint density at radius 3 is 2.65 bits per heavy atom. The number of hydrogen-bond donors (Lipinski definition) is 0. The fourth-order valence-corrected chi connectivity index (χ4v) is 4.22. The number of aryl methyl sites for hydroxylation is 1. The predicted octanol–water partition coefficient (Wildman–Crippen LogP) is 4.18. The van der Waals surface area contributed by atoms with E-state index in [0.29, 0.717) is 4.91 Å². The standard InChI is InChI=1S/C21H21N3OS/c1-23(2)17-11-9-15(10-12-17)14-19-20(25)22-21(26-19)24-13-5-7-16-6-3-4-8-18(16)24/h3-4,6,8-12,14H,5,7,13H2,1-2H3/b19-14+. The minimum absolute atomic E-state index is 0.148. The lowest BCUT2D eigenvalue weighted by molar-refractivity contribution is -0.113. The number of hydrogen-bond acceptors (Lipinski definition) is 4. The maximum absolute atomic E-state index is 12.4. The summed E-state index contributed by atoms with van der Waals surface area (Å²) >= 11 is 1.47. The highest BCUT2D eigenvalue weighted by Gasteiger charge is 2.29. The van der Waals surface area contributed by atoms with Crippen molar-refractivity contribution in [1.82, 2.24) is 0 Å². The molecule has 0 atom stereocenters. The first-order valence-electron chi connectivity index (χ1n) is 8.77. The van der Waals surface area contributed by atoms with Gasteiger partial charge in [-0.3, -0.25) is 4.79 Å². The molecule has 0 bridgehead atoms. The number of nitrogens with zero attached hydrogens (tertiary/aromatic N) is 3. The number of anilines is 2. The van der Waals surface area contributed by atoms with Crippen LogP contribution >= 0.6 is 11.8 Å². The van der Waals surface area contributed by atoms with E-state index in [1.165, 1.54) is 23.0 Å². The third-order valence-electron chi connectivity index (χ3n) is 4.66. The molecule has 2 heterocycles. The quantitative estimate of drug-likeness (QED) is 0.750. The lowest BCUT2D eigenvalue weighted by atomic mass is 10.0. The molecule has 1 amide bonds. The molecule has 2 aliphatic heterocycles. The van der Waals surface area contributed by atoms with Gasteiger partial charge in [-0.25, -0.2) is 0 Å². The third kappa shape index (κ3) is 3.27. The maximum atomic E-state index is 12.4. The van der Waals surface area contributed by atoms with Crippen molar-refractivity contribution >= 4 is 40.3 Å². The van der Waals surface area contributed by atoms with Gasteiger partial charge in [0.15, 0.2) is 5.17 Å². The number of amides is 1. The molecule has 132 valence electrons. The SMILES string of the molecule is CN(C)c1ccc(/C=C2/SC(N3CCCc4ccccc43)=NC2=O)cc1. The molecule has 0 unspecified atom stereocenters. The molecule has 2 aromatic carbocycles. The summed E-state index contributed by atoms with van der Waals surface area (Å²) in [6.45, 7) is 0.904. The third-order valence-corrected chi connectivity index (χ3v) is 5.66. The molecule has 0 saturated carbocycles. The van der Waals surface area contributed by atoms with Crippen LogP contribution < -0.4 is 9.80 Å². The minimum Gasteiger partial charge on any atom is -0.378 e. The largest absolute Gasteiger partial charge is 0.378 e. The Kier molecular flexibility index (Phi) is 4.55. The van der Waals surface area contributed by atoms with Gasteiger partial charge in [-0.15, -0.1) is 0 Å². The van der Waals surface area contributed by atoms with Crippen molar-refractivity contribution in [2.75, 3.05) is 30.4 Å². The molecule has 0 radical (unpaired) electrons. The highest BCUT2D eigenvalue weighted by molar-refractivity contribution is 8.18. The smallest absolute Gasteiger partial charge is 0.286 e. The average molecular weight is 363 g/mol. The molecule has 4 nitrogen and oxygen atoms in total. The summed E-state index contributed by atoms with van der Waals surface area (Å²) in [6.07, 6.45) is 4.09. The minimum atomic E-state index is -0.148. The average Bonchev–Trinajstić information content (AvgIpc) is 3.02. The van der Waals surface area contributed by atoms with Gasteiger partial charge in [0.25, 0.3) is 5.91 Å². The maximum Gasteiger partial charge on any atom is 0.286 e. The van der Waals surface area contributed by atoms with Gasteiger partial charge in [0, 0.05) is 32.0 Å². The van der Waals surface area contributed by atoms with Crippen LogP contribution in [0.15, 0.2) is 58.4 Å². The molecule has 5 heteroatoms. The van der Waals surface area contributed by atoms with E-state index in [-0.39, 0.29) is 5.91 Å². The lowest BCUT2D eigenvalue weighted by Gasteiger charge is -2.30. The summed E-state index contributed by atoms with van der Waals surface area (Å²) < 4.78 is 0. The summed E-state index contributed by atoms with van der Waals surface area (Å²) in [7, 11) is 4.03. The van der Waals surface area contributed by atoms with E-state index in [0.717, 1.165) is 35.8 Å². The van der Waals surface area contributed by atoms with Crippen molar-refractivity contribution in [1.29, 1.82) is 0 Å². The fraction of sp³-hybridized carbons (Fsp3) is 0.238. The Morgan fingerprint density at radius 2 is 1.88 bits per heavy atom. The van der Waals surface area contributed by atoms with E-state index in [2.05, 4.69) is 45.1 Å². The molecular formula is C21H21N3OS. The Bertz CT molecular complexity index is 900. The van der Waals surface area contributed by atoms with Crippen LogP contribution in [0, 0.1) is 0 Å². The topological polar surface area (TPSA) is 35.9 Å². The Morgan fingerprint density at radius 1 is 1.12 bits per heavy atom. The van der Waals surface area contributed by atoms with Gasteiger partial charge >= 0.3 is 0 Å². The molecule has 0 N–H and O–H groups in total. The van der Waals surface area contributed by atoms with Crippen LogP contribution in [-0.2, 0) is 11.2 Å². The molecule has 0 aromatic heterocycles. The van der Waals surface area contributed by atoms with Crippen molar-refractivity contribution in [3.63, 3.8) is 0 Å². The predicted molar refractivity (Wildman–Crippen MR) is 111 cm³/mol. The fourth-order valence-electron chi connectivity index (χ4n) is 3.27. The van der Waals surface area contributed by atoms with Crippen LogP contribution in [0.3, 0.4) is 0 Å². The first-order chi connectivity index (χ1) is 12.6. The monoisotopic (exact) mass is 363 g/mol. The van der Waals surface area contributed by atoms with E-state index in [9.17, 15) is 4.79 Å². The molecule has 2 aromatic rings. The van der Waals surface area contributed by atoms with Crippen LogP contribution in [0.1, 0.15) is 17.5 Å². The van der Waals surface area contributed by atoms with Gasteiger partial charge < -0.3 is 9.80 Å². The molecule has 0 spiro atoms. The second-order valence-electron chi connectivity index (χ2n) is 6.68. The molecule has 2 aliphatic rings. The first-order valence-corrected chi connectivity index (χ1v) is 9.59. The first kappa shape index (κ1) is 16.9. The summed E-state index contributed by atoms with van der Waals surface area (Å²) in [4.78, 5) is 21.6. The second-order valence-corrected chi connectivity index (χ2v) is 7.69. The number of carbonyl (C=O) groups is 1. The van der Waals surface area contributed by atoms with Crippen molar-refractivity contribution in [2.24, 2.45) is 4.99 Å². The summed E-state index contributed by atoms with van der Waals surface area (Å²) in [6, 6.07) is 16.6. The van der Waals surface area contributed by atoms with E-state index in [1.807, 2.05) is 38.4 Å². The van der Waals surface area contributed by atoms with Crippen LogP contribution in [-0.4, -0.2) is 31.7 Å². The molecule has 0 aliphatic carbocycles. The van der Waals surface area contributed by atoms with Crippen molar-refractivity contribution in [3.8, 4) is 0 Å². The molecule has 26 heavy (non-hydrogen) atoms. The highest BCUT2D eigenvalue weighted by atomic mass is 32.2. The molecule has 0 saturated heterocycles. The number of amidine groups is 1. The Labute approximate surface area is 158 Å². The second kappa shape index (κ2) is 7.00. The van der Waals surface area contributed by atoms with Crippen molar-refractivity contribution in [3.05, 3.63) is 64.6 Å². The zero-order valence-corrected chi connectivity index (χ0v) is 15.8. The molecule has 0 fully saturated rings. The number of rotatable bonds is 2. The number of aliphatic imine (C=N–C) groups is 1. The highest BCUT2D eigenvalue weighted by Crippen LogP contribution is 2.36. The van der Waals surface area contributed by atoms with Crippen LogP contribution in [0.25, 0.3) is 6.08 Å². The number of benzene rings is 2. The van der Waals surface area contributed by atoms with Gasteiger partial charge in [-0.05, 0) is 60.0 Å². The van der Waals surface area contributed by atoms with Crippen molar-refractivity contribution < 1.29 is 4.79 Å². The van der Waals surface area contributed by atoms with Gasteiger partial charge in [0.1, 0.15) is 0 Å². The van der Waals surface area contributed by atoms with Crippen LogP contribution in [0.5, 0.6) is 0 Å². The normalized spacial score (nSPS) is 18.1. The summed E-state index contributed by atoms with van der Waals surface area (Å²) in [5.74, 6) is -0.148. The molecular weight excluding hydrogens is 342 g/mol. The van der Waals surface area contributed by atoms with E-state index < -0.39 is 0 Å². The number of carbonyl (C=O) groups excluding carboxylic acids is 1. The Balaban J connectivity index is 1.56. The van der Waals surface area contributed by atoms with E-state index in [1.54, 1.807) is 0 Å². The van der Waals surface area contributed by atoms with Gasteiger partial charge in [-0.1, -0.05) is 30.3 Å². The molecule has 4 rings (SSSR count). The Hall–Kier alpha value is -2.53. The number of para-hydroxylation sites is 1. The van der Waals surface area contributed by atoms with E-state index in [4.69, 9.17) is 0 Å². The van der Waals surface area contributed by atoms with Crippen molar-refractivity contribution in [2.45, 2.75) is 12.8 Å². The van der Waals surface area contributed by atoms with Crippen LogP contribution in [0.4, 0.5) is 11.4 Å². The van der Waals surface area contributed by atoms with Gasteiger partial charge in [-0.2, -0.15) is 4.99 Å². The summed E-state index contributed by atoms with van der Waals surface area (Å²) in [5, 5.41) is 0.790. The van der Waals surface area contributed by atoms with Gasteiger partial charge in [0.05, 0.1) is 4.91 Å². The number of fused-ring (bicyclic) bond motifs is 1. The zero-order valence-electron chi connectivity index (χ0n) is 15.0. The van der Waals surface area contributed by atoms with E-state index >= 15 is 0 Å². The van der Waals surface area contributed by atoms with Crippen LogP contribution in [0.2, 0.25) is 0 Å². The zero-order chi connectivity index (χ0) is 18.1. The van der Waals surface area contributed by atoms with Gasteiger partial charge in [0.2, 0.25) is 0 Å². The summed E-state index contributed by atoms with van der Waals surface area (Å²) in [5.41, 5.74) is 4.65.